The van der Waals surface area contributed by atoms with Gasteiger partial charge >= 0.3 is 0 Å². The van der Waals surface area contributed by atoms with E-state index in [0.29, 0.717) is 47.6 Å². The zero-order valence-electron chi connectivity index (χ0n) is 22.4. The SMILES string of the molecule is CCCOc1ccc(NC(=O)C[C@H]2C(=O)N(c3ccccc3)C(=S)N2CCc2ccc(OC)c(OC)c2)cc1. The standard InChI is InChI=1S/C30H33N3O5S/c1-4-18-38-24-13-11-22(12-14-24)31-28(34)20-25-29(35)33(23-8-6-5-7-9-23)30(39)32(25)17-16-21-10-15-26(36-2)27(19-21)37-3/h5-15,19,25H,4,16-18,20H2,1-3H3,(H,31,34)/t25-/m0/s1. The quantitative estimate of drug-likeness (QED) is 0.317. The summed E-state index contributed by atoms with van der Waals surface area (Å²) in [5.74, 6) is 1.51. The third-order valence-corrected chi connectivity index (χ3v) is 6.83. The number of amides is 2. The molecule has 1 atom stereocenters. The topological polar surface area (TPSA) is 80.3 Å². The van der Waals surface area contributed by atoms with Gasteiger partial charge in [-0.2, -0.15) is 0 Å². The lowest BCUT2D eigenvalue weighted by molar-refractivity contribution is -0.124. The van der Waals surface area contributed by atoms with Crippen molar-refractivity contribution >= 4 is 40.5 Å². The van der Waals surface area contributed by atoms with Crippen LogP contribution in [0.5, 0.6) is 17.2 Å². The molecule has 4 rings (SSSR count). The van der Waals surface area contributed by atoms with Crippen LogP contribution in [0.3, 0.4) is 0 Å². The maximum absolute atomic E-state index is 13.6. The van der Waals surface area contributed by atoms with E-state index in [1.807, 2.05) is 72.5 Å². The van der Waals surface area contributed by atoms with Gasteiger partial charge in [0.2, 0.25) is 5.91 Å². The summed E-state index contributed by atoms with van der Waals surface area (Å²) < 4.78 is 16.4. The van der Waals surface area contributed by atoms with Gasteiger partial charge in [-0.25, -0.2) is 0 Å². The van der Waals surface area contributed by atoms with Gasteiger partial charge < -0.3 is 24.4 Å². The summed E-state index contributed by atoms with van der Waals surface area (Å²) >= 11 is 5.77. The Kier molecular flexibility index (Phi) is 9.38. The van der Waals surface area contributed by atoms with Gasteiger partial charge in [-0.3, -0.25) is 14.5 Å². The molecule has 3 aromatic carbocycles. The van der Waals surface area contributed by atoms with E-state index in [1.54, 1.807) is 26.4 Å². The molecular weight excluding hydrogens is 514 g/mol. The summed E-state index contributed by atoms with van der Waals surface area (Å²) in [7, 11) is 3.18. The molecule has 0 bridgehead atoms. The predicted molar refractivity (Wildman–Crippen MR) is 156 cm³/mol. The van der Waals surface area contributed by atoms with E-state index >= 15 is 0 Å². The lowest BCUT2D eigenvalue weighted by Gasteiger charge is -2.24. The fourth-order valence-electron chi connectivity index (χ4n) is 4.43. The lowest BCUT2D eigenvalue weighted by atomic mass is 10.1. The van der Waals surface area contributed by atoms with E-state index < -0.39 is 6.04 Å². The summed E-state index contributed by atoms with van der Waals surface area (Å²) in [5, 5.41) is 3.28. The van der Waals surface area contributed by atoms with Crippen molar-refractivity contribution in [1.82, 2.24) is 4.90 Å². The average Bonchev–Trinajstić information content (AvgIpc) is 3.19. The molecule has 3 aromatic rings. The molecule has 1 aliphatic heterocycles. The number of benzene rings is 3. The lowest BCUT2D eigenvalue weighted by Crippen LogP contribution is -2.39. The van der Waals surface area contributed by atoms with Gasteiger partial charge in [0.15, 0.2) is 16.6 Å². The van der Waals surface area contributed by atoms with Gasteiger partial charge in [-0.05, 0) is 79.2 Å². The second-order valence-corrected chi connectivity index (χ2v) is 9.43. The number of hydrogen-bond acceptors (Lipinski definition) is 6. The van der Waals surface area contributed by atoms with Crippen molar-refractivity contribution in [2.75, 3.05) is 37.6 Å². The molecule has 0 aliphatic carbocycles. The number of hydrogen-bond donors (Lipinski definition) is 1. The van der Waals surface area contributed by atoms with Crippen LogP contribution in [0.2, 0.25) is 0 Å². The molecule has 9 heteroatoms. The fraction of sp³-hybridized carbons (Fsp3) is 0.300. The van der Waals surface area contributed by atoms with Crippen molar-refractivity contribution in [3.63, 3.8) is 0 Å². The first-order valence-electron chi connectivity index (χ1n) is 12.9. The van der Waals surface area contributed by atoms with Crippen LogP contribution in [0.25, 0.3) is 0 Å². The van der Waals surface area contributed by atoms with Crippen molar-refractivity contribution in [2.45, 2.75) is 32.2 Å². The monoisotopic (exact) mass is 547 g/mol. The normalized spacial score (nSPS) is 14.9. The minimum atomic E-state index is -0.731. The van der Waals surface area contributed by atoms with E-state index in [4.69, 9.17) is 26.4 Å². The summed E-state index contributed by atoms with van der Waals surface area (Å²) in [5.41, 5.74) is 2.30. The minimum Gasteiger partial charge on any atom is -0.494 e. The summed E-state index contributed by atoms with van der Waals surface area (Å²) in [4.78, 5) is 30.1. The second kappa shape index (κ2) is 13.1. The van der Waals surface area contributed by atoms with E-state index in [-0.39, 0.29) is 18.2 Å². The number of carbonyl (C=O) groups excluding carboxylic acids is 2. The van der Waals surface area contributed by atoms with Crippen molar-refractivity contribution in [2.24, 2.45) is 0 Å². The number of rotatable bonds is 12. The van der Waals surface area contributed by atoms with Crippen LogP contribution in [-0.2, 0) is 16.0 Å². The van der Waals surface area contributed by atoms with Crippen molar-refractivity contribution in [3.8, 4) is 17.2 Å². The van der Waals surface area contributed by atoms with Gasteiger partial charge in [-0.15, -0.1) is 0 Å². The number of anilines is 2. The Bertz CT molecular complexity index is 1300. The Hall–Kier alpha value is -4.11. The second-order valence-electron chi connectivity index (χ2n) is 9.07. The third kappa shape index (κ3) is 6.67. The molecule has 1 fully saturated rings. The molecule has 0 spiro atoms. The van der Waals surface area contributed by atoms with E-state index in [1.165, 1.54) is 4.90 Å². The van der Waals surface area contributed by atoms with Crippen LogP contribution in [0.1, 0.15) is 25.3 Å². The number of methoxy groups -OCH3 is 2. The smallest absolute Gasteiger partial charge is 0.256 e. The zero-order valence-corrected chi connectivity index (χ0v) is 23.2. The number of para-hydroxylation sites is 1. The zero-order chi connectivity index (χ0) is 27.8. The minimum absolute atomic E-state index is 0.0394. The molecular formula is C30H33N3O5S. The Labute approximate surface area is 234 Å². The molecule has 0 saturated carbocycles. The van der Waals surface area contributed by atoms with Gasteiger partial charge in [0.05, 0.1) is 32.9 Å². The largest absolute Gasteiger partial charge is 0.494 e. The maximum Gasteiger partial charge on any atom is 0.256 e. The third-order valence-electron chi connectivity index (χ3n) is 6.41. The molecule has 1 saturated heterocycles. The highest BCUT2D eigenvalue weighted by molar-refractivity contribution is 7.80. The number of carbonyl (C=O) groups is 2. The Balaban J connectivity index is 1.50. The summed E-state index contributed by atoms with van der Waals surface area (Å²) in [6.07, 6.45) is 1.47. The molecule has 1 aliphatic rings. The van der Waals surface area contributed by atoms with E-state index in [0.717, 1.165) is 17.7 Å². The van der Waals surface area contributed by atoms with E-state index in [9.17, 15) is 9.59 Å². The van der Waals surface area contributed by atoms with E-state index in [2.05, 4.69) is 5.32 Å². The van der Waals surface area contributed by atoms with Crippen LogP contribution in [0, 0.1) is 0 Å². The number of thiocarbonyl (C=S) groups is 1. The van der Waals surface area contributed by atoms with Gasteiger partial charge in [0.1, 0.15) is 11.8 Å². The van der Waals surface area contributed by atoms with Crippen molar-refractivity contribution in [1.29, 1.82) is 0 Å². The summed E-state index contributed by atoms with van der Waals surface area (Å²) in [6.45, 7) is 3.12. The highest BCUT2D eigenvalue weighted by Gasteiger charge is 2.43. The molecule has 204 valence electrons. The molecule has 1 heterocycles. The predicted octanol–water partition coefficient (Wildman–Crippen LogP) is 5.07. The number of nitrogens with zero attached hydrogens (tertiary/aromatic N) is 2. The molecule has 0 radical (unpaired) electrons. The van der Waals surface area contributed by atoms with Crippen molar-refractivity contribution < 1.29 is 23.8 Å². The van der Waals surface area contributed by atoms with Gasteiger partial charge in [-0.1, -0.05) is 31.2 Å². The molecule has 8 nitrogen and oxygen atoms in total. The Morgan fingerprint density at radius 1 is 0.974 bits per heavy atom. The first-order chi connectivity index (χ1) is 18.9. The van der Waals surface area contributed by atoms with Gasteiger partial charge in [0.25, 0.3) is 5.91 Å². The van der Waals surface area contributed by atoms with Gasteiger partial charge in [0, 0.05) is 12.2 Å². The van der Waals surface area contributed by atoms with Crippen LogP contribution < -0.4 is 24.4 Å². The molecule has 0 aromatic heterocycles. The van der Waals surface area contributed by atoms with Crippen LogP contribution in [0.4, 0.5) is 11.4 Å². The fourth-order valence-corrected chi connectivity index (χ4v) is 4.84. The maximum atomic E-state index is 13.6. The Morgan fingerprint density at radius 3 is 2.36 bits per heavy atom. The summed E-state index contributed by atoms with van der Waals surface area (Å²) in [6, 6.07) is 21.4. The molecule has 2 amide bonds. The van der Waals surface area contributed by atoms with Crippen LogP contribution >= 0.6 is 12.2 Å². The molecule has 39 heavy (non-hydrogen) atoms. The average molecular weight is 548 g/mol. The highest BCUT2D eigenvalue weighted by atomic mass is 32.1. The molecule has 0 unspecified atom stereocenters. The molecule has 1 N–H and O–H groups in total. The van der Waals surface area contributed by atoms with Crippen LogP contribution in [0.15, 0.2) is 72.8 Å². The van der Waals surface area contributed by atoms with Crippen molar-refractivity contribution in [3.05, 3.63) is 78.4 Å². The van der Waals surface area contributed by atoms with Crippen LogP contribution in [-0.4, -0.2) is 55.2 Å². The highest BCUT2D eigenvalue weighted by Crippen LogP contribution is 2.30. The Morgan fingerprint density at radius 2 is 1.69 bits per heavy atom. The number of nitrogens with one attached hydrogen (secondary N) is 1. The number of ether oxygens (including phenoxy) is 3. The first kappa shape index (κ1) is 27.9. The first-order valence-corrected chi connectivity index (χ1v) is 13.3.